The first-order valence-electron chi connectivity index (χ1n) is 8.23. The fourth-order valence-corrected chi connectivity index (χ4v) is 3.93. The lowest BCUT2D eigenvalue weighted by Crippen LogP contribution is -2.34. The van der Waals surface area contributed by atoms with Gasteiger partial charge in [-0.1, -0.05) is 0 Å². The van der Waals surface area contributed by atoms with Crippen LogP contribution in [0, 0.1) is 0 Å². The Morgan fingerprint density at radius 3 is 2.46 bits per heavy atom. The number of hydrogen-bond acceptors (Lipinski definition) is 5. The zero-order chi connectivity index (χ0) is 16.9. The van der Waals surface area contributed by atoms with Crippen LogP contribution >= 0.6 is 11.8 Å². The maximum absolute atomic E-state index is 5.47. The molecule has 0 atom stereocenters. The van der Waals surface area contributed by atoms with Crippen molar-refractivity contribution in [3.05, 3.63) is 36.4 Å². The van der Waals surface area contributed by atoms with Gasteiger partial charge in [0.2, 0.25) is 0 Å². The van der Waals surface area contributed by atoms with Crippen molar-refractivity contribution in [1.29, 1.82) is 0 Å². The van der Waals surface area contributed by atoms with Gasteiger partial charge in [0.1, 0.15) is 0 Å². The van der Waals surface area contributed by atoms with Gasteiger partial charge in [-0.05, 0) is 36.8 Å². The lowest BCUT2D eigenvalue weighted by molar-refractivity contribution is 0.178. The smallest absolute Gasteiger partial charge is 0.161 e. The third kappa shape index (κ3) is 3.70. The highest BCUT2D eigenvalue weighted by Gasteiger charge is 2.21. The van der Waals surface area contributed by atoms with Crippen molar-refractivity contribution in [3.63, 3.8) is 0 Å². The molecule has 2 heterocycles. The number of piperidine rings is 1. The van der Waals surface area contributed by atoms with Crippen LogP contribution in [-0.2, 0) is 6.54 Å². The van der Waals surface area contributed by atoms with Gasteiger partial charge < -0.3 is 14.0 Å². The van der Waals surface area contributed by atoms with Crippen LogP contribution in [-0.4, -0.2) is 48.0 Å². The minimum absolute atomic E-state index is 0.578. The van der Waals surface area contributed by atoms with Gasteiger partial charge in [0.05, 0.1) is 20.5 Å². The molecule has 1 saturated heterocycles. The summed E-state index contributed by atoms with van der Waals surface area (Å²) >= 11 is 1.76. The van der Waals surface area contributed by atoms with Crippen LogP contribution in [0.2, 0.25) is 0 Å². The van der Waals surface area contributed by atoms with Crippen LogP contribution < -0.4 is 9.47 Å². The molecule has 0 radical (unpaired) electrons. The van der Waals surface area contributed by atoms with E-state index in [-0.39, 0.29) is 0 Å². The number of likely N-dealkylation sites (tertiary alicyclic amines) is 1. The summed E-state index contributed by atoms with van der Waals surface area (Å²) in [6.45, 7) is 3.16. The Balaban J connectivity index is 1.68. The third-order valence-corrected chi connectivity index (χ3v) is 5.50. The van der Waals surface area contributed by atoms with Crippen LogP contribution in [0.3, 0.4) is 0 Å². The van der Waals surface area contributed by atoms with Gasteiger partial charge in [-0.25, -0.2) is 4.98 Å². The largest absolute Gasteiger partial charge is 0.493 e. The highest BCUT2D eigenvalue weighted by Crippen LogP contribution is 2.35. The van der Waals surface area contributed by atoms with Crippen molar-refractivity contribution in [3.8, 4) is 11.5 Å². The quantitative estimate of drug-likeness (QED) is 0.749. The normalized spacial score (nSPS) is 16.3. The Hall–Kier alpha value is -1.66. The molecule has 6 heteroatoms. The van der Waals surface area contributed by atoms with Gasteiger partial charge in [-0.2, -0.15) is 0 Å². The molecule has 1 aliphatic rings. The van der Waals surface area contributed by atoms with Gasteiger partial charge in [0.15, 0.2) is 11.5 Å². The Labute approximate surface area is 148 Å². The van der Waals surface area contributed by atoms with Crippen LogP contribution in [0.15, 0.2) is 35.7 Å². The average Bonchev–Trinajstić information content (AvgIpc) is 3.16. The first kappa shape index (κ1) is 17.2. The molecule has 5 nitrogen and oxygen atoms in total. The zero-order valence-corrected chi connectivity index (χ0v) is 15.4. The van der Waals surface area contributed by atoms with Crippen molar-refractivity contribution < 1.29 is 9.47 Å². The van der Waals surface area contributed by atoms with Gasteiger partial charge in [0, 0.05) is 43.0 Å². The number of nitrogens with zero attached hydrogens (tertiary/aromatic N) is 3. The number of imidazole rings is 1. The summed E-state index contributed by atoms with van der Waals surface area (Å²) in [7, 11) is 3.37. The third-order valence-electron chi connectivity index (χ3n) is 4.68. The molecule has 0 bridgehead atoms. The van der Waals surface area contributed by atoms with E-state index in [4.69, 9.17) is 9.47 Å². The Morgan fingerprint density at radius 2 is 1.88 bits per heavy atom. The van der Waals surface area contributed by atoms with Crippen molar-refractivity contribution in [2.75, 3.05) is 33.6 Å². The fraction of sp³-hybridized carbons (Fsp3) is 0.500. The Morgan fingerprint density at radius 1 is 1.17 bits per heavy atom. The van der Waals surface area contributed by atoms with Gasteiger partial charge >= 0.3 is 0 Å². The molecule has 0 aliphatic carbocycles. The molecule has 3 rings (SSSR count). The van der Waals surface area contributed by atoms with Crippen molar-refractivity contribution >= 4 is 11.8 Å². The van der Waals surface area contributed by atoms with Gasteiger partial charge in [0.25, 0.3) is 0 Å². The summed E-state index contributed by atoms with van der Waals surface area (Å²) in [5.41, 5.74) is 1.31. The fourth-order valence-electron chi connectivity index (χ4n) is 3.32. The van der Waals surface area contributed by atoms with Crippen LogP contribution in [0.1, 0.15) is 24.4 Å². The standard InChI is InChI=1S/C18H25N3O2S/c1-22-16-10-14(18(24-3)11-17(16)23-2)12-20-7-4-15(5-8-20)21-9-6-19-13-21/h6,9-11,13,15H,4-5,7-8,12H2,1-3H3. The van der Waals surface area contributed by atoms with Crippen molar-refractivity contribution in [1.82, 2.24) is 14.5 Å². The second-order valence-electron chi connectivity index (χ2n) is 6.04. The number of benzene rings is 1. The molecule has 0 saturated carbocycles. The van der Waals surface area contributed by atoms with Crippen LogP contribution in [0.5, 0.6) is 11.5 Å². The Bertz CT molecular complexity index is 653. The summed E-state index contributed by atoms with van der Waals surface area (Å²) in [5, 5.41) is 0. The van der Waals surface area contributed by atoms with E-state index in [0.29, 0.717) is 6.04 Å². The molecular weight excluding hydrogens is 322 g/mol. The summed E-state index contributed by atoms with van der Waals surface area (Å²) < 4.78 is 13.1. The first-order valence-corrected chi connectivity index (χ1v) is 9.46. The molecule has 24 heavy (non-hydrogen) atoms. The molecule has 2 aromatic rings. The molecule has 0 N–H and O–H groups in total. The van der Waals surface area contributed by atoms with E-state index >= 15 is 0 Å². The minimum atomic E-state index is 0.578. The van der Waals surface area contributed by atoms with E-state index < -0.39 is 0 Å². The molecular formula is C18H25N3O2S. The molecule has 130 valence electrons. The topological polar surface area (TPSA) is 39.5 Å². The lowest BCUT2D eigenvalue weighted by atomic mass is 10.0. The number of aromatic nitrogens is 2. The monoisotopic (exact) mass is 347 g/mol. The zero-order valence-electron chi connectivity index (χ0n) is 14.6. The number of rotatable bonds is 6. The van der Waals surface area contributed by atoms with Crippen LogP contribution in [0.4, 0.5) is 0 Å². The van der Waals surface area contributed by atoms with E-state index in [9.17, 15) is 0 Å². The van der Waals surface area contributed by atoms with E-state index in [1.165, 1.54) is 10.5 Å². The predicted octanol–water partition coefficient (Wildman–Crippen LogP) is 3.46. The number of ether oxygens (including phenoxy) is 2. The molecule has 1 aromatic carbocycles. The average molecular weight is 347 g/mol. The van der Waals surface area contributed by atoms with Crippen molar-refractivity contribution in [2.24, 2.45) is 0 Å². The van der Waals surface area contributed by atoms with Gasteiger partial charge in [-0.15, -0.1) is 11.8 Å². The predicted molar refractivity (Wildman–Crippen MR) is 97.1 cm³/mol. The number of hydrogen-bond donors (Lipinski definition) is 0. The summed E-state index contributed by atoms with van der Waals surface area (Å²) in [4.78, 5) is 7.94. The second-order valence-corrected chi connectivity index (χ2v) is 6.88. The lowest BCUT2D eigenvalue weighted by Gasteiger charge is -2.33. The summed E-state index contributed by atoms with van der Waals surface area (Å²) in [6.07, 6.45) is 10.3. The summed E-state index contributed by atoms with van der Waals surface area (Å²) in [6, 6.07) is 4.78. The molecule has 0 spiro atoms. The maximum atomic E-state index is 5.47. The Kier molecular flexibility index (Phi) is 5.68. The van der Waals surface area contributed by atoms with E-state index in [1.54, 1.807) is 26.0 Å². The summed E-state index contributed by atoms with van der Waals surface area (Å²) in [5.74, 6) is 1.60. The van der Waals surface area contributed by atoms with E-state index in [0.717, 1.165) is 44.0 Å². The second kappa shape index (κ2) is 7.94. The molecule has 1 aromatic heterocycles. The van der Waals surface area contributed by atoms with E-state index in [2.05, 4.69) is 39.0 Å². The van der Waals surface area contributed by atoms with E-state index in [1.807, 2.05) is 12.5 Å². The van der Waals surface area contributed by atoms with Crippen molar-refractivity contribution in [2.45, 2.75) is 30.3 Å². The molecule has 1 aliphatic heterocycles. The molecule has 0 unspecified atom stereocenters. The highest BCUT2D eigenvalue weighted by molar-refractivity contribution is 7.98. The minimum Gasteiger partial charge on any atom is -0.493 e. The maximum Gasteiger partial charge on any atom is 0.161 e. The van der Waals surface area contributed by atoms with Crippen LogP contribution in [0.25, 0.3) is 0 Å². The first-order chi connectivity index (χ1) is 11.7. The van der Waals surface area contributed by atoms with Gasteiger partial charge in [-0.3, -0.25) is 4.90 Å². The SMILES string of the molecule is COc1cc(CN2CCC(n3ccnc3)CC2)c(SC)cc1OC. The molecule has 0 amide bonds. The number of methoxy groups -OCH3 is 2. The highest BCUT2D eigenvalue weighted by atomic mass is 32.2. The molecule has 1 fully saturated rings. The number of thioether (sulfide) groups is 1.